The molecule has 2 rings (SSSR count). The number of halogens is 1. The van der Waals surface area contributed by atoms with Crippen molar-refractivity contribution in [3.63, 3.8) is 0 Å². The van der Waals surface area contributed by atoms with E-state index in [9.17, 15) is 5.11 Å². The van der Waals surface area contributed by atoms with E-state index in [2.05, 4.69) is 0 Å². The highest BCUT2D eigenvalue weighted by Crippen LogP contribution is 2.37. The van der Waals surface area contributed by atoms with Gasteiger partial charge in [-0.2, -0.15) is 0 Å². The van der Waals surface area contributed by atoms with Crippen LogP contribution >= 0.6 is 11.6 Å². The van der Waals surface area contributed by atoms with Gasteiger partial charge in [0, 0.05) is 5.56 Å². The van der Waals surface area contributed by atoms with E-state index < -0.39 is 0 Å². The summed E-state index contributed by atoms with van der Waals surface area (Å²) in [6, 6.07) is 12.7. The van der Waals surface area contributed by atoms with E-state index in [1.54, 1.807) is 18.2 Å². The van der Waals surface area contributed by atoms with Gasteiger partial charge in [0.1, 0.15) is 0 Å². The van der Waals surface area contributed by atoms with Crippen molar-refractivity contribution in [2.45, 2.75) is 20.0 Å². The zero-order valence-corrected chi connectivity index (χ0v) is 12.1. The summed E-state index contributed by atoms with van der Waals surface area (Å²) in [7, 11) is 0. The largest absolute Gasteiger partial charge is 0.490 e. The van der Waals surface area contributed by atoms with Gasteiger partial charge in [0.15, 0.2) is 17.2 Å². The lowest BCUT2D eigenvalue weighted by Gasteiger charge is -2.14. The maximum atomic E-state index is 9.36. The number of hydrogen-bond donors (Lipinski definition) is 1. The highest BCUT2D eigenvalue weighted by atomic mass is 35.5. The molecule has 0 amide bonds. The summed E-state index contributed by atoms with van der Waals surface area (Å²) >= 11 is 6.14. The summed E-state index contributed by atoms with van der Waals surface area (Å²) in [6.45, 7) is 2.53. The molecule has 0 spiro atoms. The molecule has 0 aliphatic rings. The van der Waals surface area contributed by atoms with E-state index in [1.807, 2.05) is 31.2 Å². The van der Waals surface area contributed by atoms with Gasteiger partial charge in [-0.3, -0.25) is 0 Å². The van der Waals surface area contributed by atoms with Gasteiger partial charge >= 0.3 is 0 Å². The fraction of sp³-hybridized carbons (Fsp3) is 0.250. The maximum Gasteiger partial charge on any atom is 0.169 e. The third-order valence-corrected chi connectivity index (χ3v) is 3.04. The van der Waals surface area contributed by atoms with Crippen molar-refractivity contribution in [3.05, 3.63) is 53.1 Å². The van der Waals surface area contributed by atoms with Crippen molar-refractivity contribution in [1.82, 2.24) is 0 Å². The van der Waals surface area contributed by atoms with E-state index >= 15 is 0 Å². The van der Waals surface area contributed by atoms with Crippen molar-refractivity contribution < 1.29 is 14.6 Å². The SMILES string of the molecule is CCCOc1ccccc1Oc1c(Cl)cccc1CO. The topological polar surface area (TPSA) is 38.7 Å². The Labute approximate surface area is 123 Å². The molecule has 0 saturated heterocycles. The minimum absolute atomic E-state index is 0.131. The van der Waals surface area contributed by atoms with Crippen LogP contribution in [-0.2, 0) is 6.61 Å². The van der Waals surface area contributed by atoms with Gasteiger partial charge in [-0.1, -0.05) is 42.8 Å². The second kappa shape index (κ2) is 7.17. The lowest BCUT2D eigenvalue weighted by atomic mass is 10.2. The predicted molar refractivity (Wildman–Crippen MR) is 79.7 cm³/mol. The Bertz CT molecular complexity index is 569. The van der Waals surface area contributed by atoms with Gasteiger partial charge < -0.3 is 14.6 Å². The van der Waals surface area contributed by atoms with Crippen LogP contribution in [0.2, 0.25) is 5.02 Å². The first kappa shape index (κ1) is 14.7. The molecule has 4 heteroatoms. The second-order valence-corrected chi connectivity index (χ2v) is 4.69. The third kappa shape index (κ3) is 3.44. The van der Waals surface area contributed by atoms with Crippen molar-refractivity contribution in [3.8, 4) is 17.2 Å². The third-order valence-electron chi connectivity index (χ3n) is 2.74. The molecule has 2 aromatic carbocycles. The molecular weight excluding hydrogens is 276 g/mol. The molecule has 0 bridgehead atoms. The molecule has 3 nitrogen and oxygen atoms in total. The Kier molecular flexibility index (Phi) is 5.27. The monoisotopic (exact) mass is 292 g/mol. The number of rotatable bonds is 6. The molecular formula is C16H17ClO3. The van der Waals surface area contributed by atoms with Crippen LogP contribution in [0.3, 0.4) is 0 Å². The number of aliphatic hydroxyl groups is 1. The Morgan fingerprint density at radius 2 is 1.80 bits per heavy atom. The highest BCUT2D eigenvalue weighted by molar-refractivity contribution is 6.32. The highest BCUT2D eigenvalue weighted by Gasteiger charge is 2.12. The molecule has 0 aliphatic carbocycles. The normalized spacial score (nSPS) is 10.3. The van der Waals surface area contributed by atoms with Crippen LogP contribution in [0.4, 0.5) is 0 Å². The number of para-hydroxylation sites is 3. The molecule has 0 aromatic heterocycles. The molecule has 0 radical (unpaired) electrons. The Balaban J connectivity index is 2.30. The van der Waals surface area contributed by atoms with Crippen LogP contribution in [0.15, 0.2) is 42.5 Å². The van der Waals surface area contributed by atoms with E-state index in [0.29, 0.717) is 34.4 Å². The van der Waals surface area contributed by atoms with Crippen LogP contribution < -0.4 is 9.47 Å². The molecule has 0 saturated carbocycles. The fourth-order valence-corrected chi connectivity index (χ4v) is 2.00. The van der Waals surface area contributed by atoms with Crippen molar-refractivity contribution in [2.24, 2.45) is 0 Å². The van der Waals surface area contributed by atoms with Crippen molar-refractivity contribution in [2.75, 3.05) is 6.61 Å². The Hall–Kier alpha value is -1.71. The summed E-state index contributed by atoms with van der Waals surface area (Å²) in [5.74, 6) is 1.71. The fourth-order valence-electron chi connectivity index (χ4n) is 1.77. The zero-order chi connectivity index (χ0) is 14.4. The minimum Gasteiger partial charge on any atom is -0.490 e. The van der Waals surface area contributed by atoms with E-state index in [1.165, 1.54) is 0 Å². The lowest BCUT2D eigenvalue weighted by molar-refractivity contribution is 0.273. The van der Waals surface area contributed by atoms with Crippen LogP contribution in [0.25, 0.3) is 0 Å². The summed E-state index contributed by atoms with van der Waals surface area (Å²) in [5, 5.41) is 9.82. The number of ether oxygens (including phenoxy) is 2. The van der Waals surface area contributed by atoms with Gasteiger partial charge in [-0.25, -0.2) is 0 Å². The van der Waals surface area contributed by atoms with Crippen LogP contribution in [-0.4, -0.2) is 11.7 Å². The van der Waals surface area contributed by atoms with Gasteiger partial charge in [0.25, 0.3) is 0 Å². The Morgan fingerprint density at radius 3 is 2.50 bits per heavy atom. The van der Waals surface area contributed by atoms with Gasteiger partial charge in [-0.15, -0.1) is 0 Å². The van der Waals surface area contributed by atoms with Crippen LogP contribution in [0, 0.1) is 0 Å². The van der Waals surface area contributed by atoms with Gasteiger partial charge in [0.2, 0.25) is 0 Å². The first-order valence-electron chi connectivity index (χ1n) is 6.54. The lowest BCUT2D eigenvalue weighted by Crippen LogP contribution is -1.98. The average molecular weight is 293 g/mol. The molecule has 0 unspecified atom stereocenters. The second-order valence-electron chi connectivity index (χ2n) is 4.28. The first-order valence-corrected chi connectivity index (χ1v) is 6.92. The van der Waals surface area contributed by atoms with Crippen LogP contribution in [0.1, 0.15) is 18.9 Å². The van der Waals surface area contributed by atoms with E-state index in [-0.39, 0.29) is 6.61 Å². The molecule has 0 aliphatic heterocycles. The molecule has 0 heterocycles. The Morgan fingerprint density at radius 1 is 1.05 bits per heavy atom. The first-order chi connectivity index (χ1) is 9.76. The average Bonchev–Trinajstić information content (AvgIpc) is 2.48. The summed E-state index contributed by atoms with van der Waals surface area (Å²) in [5.41, 5.74) is 0.641. The summed E-state index contributed by atoms with van der Waals surface area (Å²) in [6.07, 6.45) is 0.919. The summed E-state index contributed by atoms with van der Waals surface area (Å²) < 4.78 is 11.5. The molecule has 0 fully saturated rings. The standard InChI is InChI=1S/C16H17ClO3/c1-2-10-19-14-8-3-4-9-15(14)20-16-12(11-18)6-5-7-13(16)17/h3-9,18H,2,10-11H2,1H3. The van der Waals surface area contributed by atoms with Crippen molar-refractivity contribution >= 4 is 11.6 Å². The predicted octanol–water partition coefficient (Wildman–Crippen LogP) is 4.41. The number of hydrogen-bond acceptors (Lipinski definition) is 3. The number of aliphatic hydroxyl groups excluding tert-OH is 1. The molecule has 0 atom stereocenters. The smallest absolute Gasteiger partial charge is 0.169 e. The minimum atomic E-state index is -0.131. The van der Waals surface area contributed by atoms with Gasteiger partial charge in [-0.05, 0) is 24.6 Å². The van der Waals surface area contributed by atoms with Crippen molar-refractivity contribution in [1.29, 1.82) is 0 Å². The van der Waals surface area contributed by atoms with Crippen LogP contribution in [0.5, 0.6) is 17.2 Å². The quantitative estimate of drug-likeness (QED) is 0.857. The molecule has 20 heavy (non-hydrogen) atoms. The van der Waals surface area contributed by atoms with Gasteiger partial charge in [0.05, 0.1) is 18.2 Å². The zero-order valence-electron chi connectivity index (χ0n) is 11.3. The maximum absolute atomic E-state index is 9.36. The van der Waals surface area contributed by atoms with E-state index in [4.69, 9.17) is 21.1 Å². The molecule has 2 aromatic rings. The molecule has 1 N–H and O–H groups in total. The summed E-state index contributed by atoms with van der Waals surface area (Å²) in [4.78, 5) is 0. The van der Waals surface area contributed by atoms with E-state index in [0.717, 1.165) is 6.42 Å². The number of benzene rings is 2. The molecule has 106 valence electrons.